The summed E-state index contributed by atoms with van der Waals surface area (Å²) in [5.74, 6) is 0.955. The van der Waals surface area contributed by atoms with Gasteiger partial charge in [0.25, 0.3) is 0 Å². The maximum absolute atomic E-state index is 13.4. The van der Waals surface area contributed by atoms with Crippen molar-refractivity contribution in [3.8, 4) is 11.5 Å². The Labute approximate surface area is 176 Å². The van der Waals surface area contributed by atoms with E-state index in [0.717, 1.165) is 11.6 Å². The Morgan fingerprint density at radius 2 is 2.00 bits per heavy atom. The van der Waals surface area contributed by atoms with Crippen LogP contribution in [0.1, 0.15) is 31.0 Å². The van der Waals surface area contributed by atoms with Crippen LogP contribution in [0.2, 0.25) is 5.02 Å². The van der Waals surface area contributed by atoms with E-state index >= 15 is 0 Å². The van der Waals surface area contributed by atoms with Gasteiger partial charge in [-0.25, -0.2) is 0 Å². The summed E-state index contributed by atoms with van der Waals surface area (Å²) >= 11 is 11.3. The normalized spacial score (nSPS) is 25.8. The van der Waals surface area contributed by atoms with Crippen molar-refractivity contribution in [2.45, 2.75) is 31.8 Å². The second-order valence-electron chi connectivity index (χ2n) is 7.25. The van der Waals surface area contributed by atoms with Gasteiger partial charge in [-0.15, -0.1) is 0 Å². The van der Waals surface area contributed by atoms with Gasteiger partial charge < -0.3 is 14.8 Å². The Morgan fingerprint density at radius 3 is 2.66 bits per heavy atom. The number of nitrogens with one attached hydrogen (secondary N) is 1. The Kier molecular flexibility index (Phi) is 4.62. The monoisotopic (exact) mass is 442 g/mol. The zero-order chi connectivity index (χ0) is 21.1. The van der Waals surface area contributed by atoms with Crippen LogP contribution >= 0.6 is 23.8 Å². The molecule has 2 heterocycles. The minimum Gasteiger partial charge on any atom is -0.493 e. The molecule has 4 rings (SSSR count). The summed E-state index contributed by atoms with van der Waals surface area (Å²) in [6.45, 7) is 3.78. The van der Waals surface area contributed by atoms with Crippen molar-refractivity contribution < 1.29 is 22.6 Å². The summed E-state index contributed by atoms with van der Waals surface area (Å²) in [5.41, 5.74) is -0.828. The molecule has 2 aliphatic heterocycles. The van der Waals surface area contributed by atoms with Crippen molar-refractivity contribution in [2.24, 2.45) is 5.92 Å². The molecule has 4 nitrogen and oxygen atoms in total. The lowest BCUT2D eigenvalue weighted by molar-refractivity contribution is -0.137. The molecule has 2 bridgehead atoms. The second-order valence-corrected chi connectivity index (χ2v) is 8.04. The van der Waals surface area contributed by atoms with Crippen molar-refractivity contribution in [2.75, 3.05) is 12.0 Å². The predicted octanol–water partition coefficient (Wildman–Crippen LogP) is 5.55. The maximum atomic E-state index is 13.4. The molecule has 0 aromatic heterocycles. The molecule has 9 heteroatoms. The molecule has 2 aliphatic rings. The van der Waals surface area contributed by atoms with E-state index in [9.17, 15) is 13.2 Å². The number of hydrogen-bond acceptors (Lipinski definition) is 3. The van der Waals surface area contributed by atoms with E-state index in [1.807, 2.05) is 26.0 Å². The summed E-state index contributed by atoms with van der Waals surface area (Å²) in [7, 11) is 1.54. The summed E-state index contributed by atoms with van der Waals surface area (Å²) in [6, 6.07) is 9.12. The van der Waals surface area contributed by atoms with Gasteiger partial charge in [0.1, 0.15) is 0 Å². The van der Waals surface area contributed by atoms with E-state index in [4.69, 9.17) is 33.3 Å². The van der Waals surface area contributed by atoms with Gasteiger partial charge in [0, 0.05) is 17.2 Å². The average Bonchev–Trinajstić information content (AvgIpc) is 2.64. The lowest BCUT2D eigenvalue weighted by Crippen LogP contribution is -2.69. The molecule has 29 heavy (non-hydrogen) atoms. The number of anilines is 1. The molecular weight excluding hydrogens is 425 g/mol. The van der Waals surface area contributed by atoms with E-state index in [1.165, 1.54) is 12.1 Å². The van der Waals surface area contributed by atoms with Crippen molar-refractivity contribution in [3.63, 3.8) is 0 Å². The molecule has 1 N–H and O–H groups in total. The number of hydrogen-bond donors (Lipinski definition) is 1. The van der Waals surface area contributed by atoms with Crippen LogP contribution in [-0.2, 0) is 6.18 Å². The molecule has 0 radical (unpaired) electrons. The van der Waals surface area contributed by atoms with Gasteiger partial charge in [-0.05, 0) is 43.4 Å². The van der Waals surface area contributed by atoms with Crippen LogP contribution in [-0.4, -0.2) is 17.9 Å². The highest BCUT2D eigenvalue weighted by Crippen LogP contribution is 2.52. The van der Waals surface area contributed by atoms with Crippen molar-refractivity contribution >= 4 is 34.6 Å². The van der Waals surface area contributed by atoms with Crippen molar-refractivity contribution in [1.29, 1.82) is 0 Å². The average molecular weight is 443 g/mol. The first-order valence-electron chi connectivity index (χ1n) is 8.91. The summed E-state index contributed by atoms with van der Waals surface area (Å²) < 4.78 is 52.1. The summed E-state index contributed by atoms with van der Waals surface area (Å²) in [6.07, 6.45) is -4.59. The number of alkyl halides is 3. The van der Waals surface area contributed by atoms with E-state index in [0.29, 0.717) is 11.5 Å². The van der Waals surface area contributed by atoms with Crippen LogP contribution in [0.5, 0.6) is 11.5 Å². The molecule has 0 amide bonds. The number of halogens is 4. The first kappa shape index (κ1) is 20.1. The van der Waals surface area contributed by atoms with E-state index in [1.54, 1.807) is 18.1 Å². The van der Waals surface area contributed by atoms with Crippen LogP contribution in [0.15, 0.2) is 36.4 Å². The fourth-order valence-electron chi connectivity index (χ4n) is 4.02. The minimum atomic E-state index is -4.59. The minimum absolute atomic E-state index is 0.140. The molecule has 154 valence electrons. The van der Waals surface area contributed by atoms with Gasteiger partial charge in [0.2, 0.25) is 0 Å². The summed E-state index contributed by atoms with van der Waals surface area (Å²) in [5, 5.41) is 3.17. The van der Waals surface area contributed by atoms with Crippen LogP contribution in [0.4, 0.5) is 18.9 Å². The molecule has 2 aromatic carbocycles. The Morgan fingerprint density at radius 1 is 1.28 bits per heavy atom. The largest absolute Gasteiger partial charge is 0.493 e. The molecule has 1 saturated heterocycles. The van der Waals surface area contributed by atoms with Gasteiger partial charge in [-0.1, -0.05) is 30.7 Å². The van der Waals surface area contributed by atoms with Crippen molar-refractivity contribution in [1.82, 2.24) is 5.32 Å². The fraction of sp³-hybridized carbons (Fsp3) is 0.350. The molecule has 0 unspecified atom stereocenters. The third-order valence-corrected chi connectivity index (χ3v) is 6.29. The van der Waals surface area contributed by atoms with E-state index in [-0.39, 0.29) is 27.8 Å². The van der Waals surface area contributed by atoms with Crippen molar-refractivity contribution in [3.05, 3.63) is 52.5 Å². The topological polar surface area (TPSA) is 33.7 Å². The second kappa shape index (κ2) is 6.67. The predicted molar refractivity (Wildman–Crippen MR) is 109 cm³/mol. The van der Waals surface area contributed by atoms with Crippen LogP contribution in [0.3, 0.4) is 0 Å². The number of methoxy groups -OCH3 is 1. The van der Waals surface area contributed by atoms with Gasteiger partial charge in [-0.3, -0.25) is 4.90 Å². The number of benzene rings is 2. The number of nitrogens with zero attached hydrogens (tertiary/aromatic N) is 1. The zero-order valence-corrected chi connectivity index (χ0v) is 17.4. The number of ether oxygens (including phenoxy) is 2. The highest BCUT2D eigenvalue weighted by molar-refractivity contribution is 7.80. The first-order valence-corrected chi connectivity index (χ1v) is 9.70. The molecule has 1 fully saturated rings. The number of thiocarbonyl (C=S) groups is 1. The lowest BCUT2D eigenvalue weighted by atomic mass is 9.80. The Bertz CT molecular complexity index is 1000. The zero-order valence-electron chi connectivity index (χ0n) is 15.8. The number of rotatable bonds is 2. The highest BCUT2D eigenvalue weighted by atomic mass is 35.5. The van der Waals surface area contributed by atoms with E-state index in [2.05, 4.69) is 5.32 Å². The quantitative estimate of drug-likeness (QED) is 0.617. The van der Waals surface area contributed by atoms with Gasteiger partial charge in [-0.2, -0.15) is 13.2 Å². The van der Waals surface area contributed by atoms with Crippen LogP contribution in [0, 0.1) is 5.92 Å². The molecule has 0 saturated carbocycles. The smallest absolute Gasteiger partial charge is 0.417 e. The SMILES string of the molecule is COc1cccc2c1O[C@@]1(C)[C@H](C)[C@H]2NC(=S)N1c1ccc(Cl)c(C(F)(F)F)c1. The van der Waals surface area contributed by atoms with Gasteiger partial charge in [0.15, 0.2) is 22.3 Å². The number of para-hydroxylation sites is 1. The maximum Gasteiger partial charge on any atom is 0.417 e. The standard InChI is InChI=1S/C20H18ClF3N2O2S/c1-10-16-12-5-4-6-15(27-3)17(12)28-19(10,2)26(18(29)25-16)11-7-8-14(21)13(9-11)20(22,23)24/h4-10,16H,1-3H3,(H,25,29)/t10-,16-,19+/m1/s1. The van der Waals surface area contributed by atoms with E-state index < -0.39 is 17.5 Å². The fourth-order valence-corrected chi connectivity index (χ4v) is 4.66. The van der Waals surface area contributed by atoms with Gasteiger partial charge in [0.05, 0.1) is 23.7 Å². The molecule has 2 aromatic rings. The lowest BCUT2D eigenvalue weighted by Gasteiger charge is -2.56. The molecule has 3 atom stereocenters. The molecule has 0 spiro atoms. The van der Waals surface area contributed by atoms with Crippen LogP contribution < -0.4 is 19.7 Å². The highest BCUT2D eigenvalue weighted by Gasteiger charge is 2.54. The van der Waals surface area contributed by atoms with Gasteiger partial charge >= 0.3 is 6.18 Å². The third kappa shape index (κ3) is 3.00. The third-order valence-electron chi connectivity index (χ3n) is 5.66. The Hall–Kier alpha value is -2.19. The summed E-state index contributed by atoms with van der Waals surface area (Å²) in [4.78, 5) is 1.57. The Balaban J connectivity index is 1.87. The van der Waals surface area contributed by atoms with Crippen LogP contribution in [0.25, 0.3) is 0 Å². The molecule has 0 aliphatic carbocycles. The first-order chi connectivity index (χ1) is 13.6. The molecular formula is C20H18ClF3N2O2S. The number of fused-ring (bicyclic) bond motifs is 4.